The van der Waals surface area contributed by atoms with Crippen LogP contribution in [0.2, 0.25) is 0 Å². The van der Waals surface area contributed by atoms with Crippen LogP contribution in [-0.2, 0) is 10.2 Å². The number of hydrogen-bond acceptors (Lipinski definition) is 1. The molecule has 0 aliphatic heterocycles. The number of carbonyl (C=O) groups excluding carboxylic acids is 1. The Labute approximate surface area is 112 Å². The molecule has 0 spiro atoms. The number of allylic oxidation sites excluding steroid dienone is 1. The molecular formula is C15H19BrO. The molecule has 0 aliphatic carbocycles. The van der Waals surface area contributed by atoms with E-state index in [1.54, 1.807) is 0 Å². The van der Waals surface area contributed by atoms with E-state index in [-0.39, 0.29) is 0 Å². The number of aldehydes is 1. The Kier molecular flexibility index (Phi) is 5.13. The van der Waals surface area contributed by atoms with Gasteiger partial charge in [-0.3, -0.25) is 0 Å². The Hall–Kier alpha value is -0.890. The maximum absolute atomic E-state index is 11.6. The van der Waals surface area contributed by atoms with Gasteiger partial charge in [-0.05, 0) is 18.9 Å². The largest absolute Gasteiger partial charge is 0.302 e. The number of rotatable bonds is 6. The van der Waals surface area contributed by atoms with Gasteiger partial charge in [-0.15, -0.1) is 0 Å². The molecule has 1 rings (SSSR count). The Morgan fingerprint density at radius 2 is 2.00 bits per heavy atom. The van der Waals surface area contributed by atoms with E-state index in [4.69, 9.17) is 0 Å². The van der Waals surface area contributed by atoms with Crippen LogP contribution in [0.3, 0.4) is 0 Å². The van der Waals surface area contributed by atoms with Crippen molar-refractivity contribution in [3.63, 3.8) is 0 Å². The summed E-state index contributed by atoms with van der Waals surface area (Å²) in [7, 11) is 0. The summed E-state index contributed by atoms with van der Waals surface area (Å²) in [6, 6.07) is 8.11. The smallest absolute Gasteiger partial charge is 0.135 e. The predicted octanol–water partition coefficient (Wildman–Crippen LogP) is 4.53. The van der Waals surface area contributed by atoms with Crippen molar-refractivity contribution in [3.8, 4) is 0 Å². The maximum atomic E-state index is 11.6. The fourth-order valence-corrected chi connectivity index (χ4v) is 2.45. The van der Waals surface area contributed by atoms with Crippen LogP contribution < -0.4 is 0 Å². The fourth-order valence-electron chi connectivity index (χ4n) is 1.93. The number of unbranched alkanes of at least 4 members (excludes halogenated alkanes) is 1. The molecule has 0 N–H and O–H groups in total. The lowest BCUT2D eigenvalue weighted by Gasteiger charge is -2.28. The Morgan fingerprint density at radius 1 is 1.41 bits per heavy atom. The SMILES string of the molecule is C=C(Br)C(C=O)(CCCC)c1ccc(C)cc1. The molecule has 0 radical (unpaired) electrons. The molecular weight excluding hydrogens is 276 g/mol. The standard InChI is InChI=1S/C15H19BrO/c1-4-5-10-15(11-17,13(3)16)14-8-6-12(2)7-9-14/h6-9,11H,3-5,10H2,1-2H3. The highest BCUT2D eigenvalue weighted by molar-refractivity contribution is 9.11. The third-order valence-corrected chi connectivity index (χ3v) is 3.88. The number of halogens is 1. The van der Waals surface area contributed by atoms with Crippen LogP contribution in [0.25, 0.3) is 0 Å². The summed E-state index contributed by atoms with van der Waals surface area (Å²) in [6.45, 7) is 8.11. The Bertz CT molecular complexity index is 394. The van der Waals surface area contributed by atoms with Crippen molar-refractivity contribution in [3.05, 3.63) is 46.5 Å². The molecule has 0 heterocycles. The molecule has 0 aliphatic rings. The van der Waals surface area contributed by atoms with Gasteiger partial charge in [0.25, 0.3) is 0 Å². The van der Waals surface area contributed by atoms with Crippen LogP contribution >= 0.6 is 15.9 Å². The van der Waals surface area contributed by atoms with Gasteiger partial charge in [0.2, 0.25) is 0 Å². The van der Waals surface area contributed by atoms with Gasteiger partial charge in [0.1, 0.15) is 6.29 Å². The first kappa shape index (κ1) is 14.2. The molecule has 1 aromatic rings. The van der Waals surface area contributed by atoms with Crippen LogP contribution in [0.15, 0.2) is 35.3 Å². The van der Waals surface area contributed by atoms with Gasteiger partial charge in [0.05, 0.1) is 5.41 Å². The number of benzene rings is 1. The van der Waals surface area contributed by atoms with Crippen molar-refractivity contribution in [2.24, 2.45) is 0 Å². The summed E-state index contributed by atoms with van der Waals surface area (Å²) in [4.78, 5) is 11.6. The lowest BCUT2D eigenvalue weighted by molar-refractivity contribution is -0.111. The van der Waals surface area contributed by atoms with E-state index >= 15 is 0 Å². The predicted molar refractivity (Wildman–Crippen MR) is 76.5 cm³/mol. The van der Waals surface area contributed by atoms with Crippen molar-refractivity contribution in [1.82, 2.24) is 0 Å². The van der Waals surface area contributed by atoms with E-state index in [0.29, 0.717) is 0 Å². The van der Waals surface area contributed by atoms with Gasteiger partial charge in [-0.1, -0.05) is 72.1 Å². The summed E-state index contributed by atoms with van der Waals surface area (Å²) in [5, 5.41) is 0. The minimum atomic E-state index is -0.580. The minimum absolute atomic E-state index is 0.580. The average molecular weight is 295 g/mol. The fraction of sp³-hybridized carbons (Fsp3) is 0.400. The quantitative estimate of drug-likeness (QED) is 0.705. The first-order valence-electron chi connectivity index (χ1n) is 5.95. The molecule has 17 heavy (non-hydrogen) atoms. The van der Waals surface area contributed by atoms with Gasteiger partial charge in [0.15, 0.2) is 0 Å². The van der Waals surface area contributed by atoms with Crippen molar-refractivity contribution < 1.29 is 4.79 Å². The highest BCUT2D eigenvalue weighted by atomic mass is 79.9. The number of aryl methyl sites for hydroxylation is 1. The lowest BCUT2D eigenvalue weighted by atomic mass is 9.77. The van der Waals surface area contributed by atoms with Crippen LogP contribution in [0.4, 0.5) is 0 Å². The summed E-state index contributed by atoms with van der Waals surface area (Å²) >= 11 is 3.42. The summed E-state index contributed by atoms with van der Waals surface area (Å²) < 4.78 is 0.748. The van der Waals surface area contributed by atoms with Gasteiger partial charge >= 0.3 is 0 Å². The third kappa shape index (κ3) is 3.06. The van der Waals surface area contributed by atoms with Crippen molar-refractivity contribution in [2.75, 3.05) is 0 Å². The van der Waals surface area contributed by atoms with Gasteiger partial charge < -0.3 is 4.79 Å². The van der Waals surface area contributed by atoms with E-state index < -0.39 is 5.41 Å². The second kappa shape index (κ2) is 6.15. The molecule has 1 aromatic carbocycles. The van der Waals surface area contributed by atoms with Crippen LogP contribution in [-0.4, -0.2) is 6.29 Å². The molecule has 0 saturated carbocycles. The number of hydrogen-bond donors (Lipinski definition) is 0. The van der Waals surface area contributed by atoms with E-state index in [9.17, 15) is 4.79 Å². The highest BCUT2D eigenvalue weighted by Gasteiger charge is 2.33. The zero-order valence-corrected chi connectivity index (χ0v) is 12.1. The topological polar surface area (TPSA) is 17.1 Å². The van der Waals surface area contributed by atoms with Gasteiger partial charge in [-0.2, -0.15) is 0 Å². The van der Waals surface area contributed by atoms with E-state index in [2.05, 4.69) is 29.4 Å². The molecule has 0 aromatic heterocycles. The van der Waals surface area contributed by atoms with Gasteiger partial charge in [0, 0.05) is 4.48 Å². The van der Waals surface area contributed by atoms with E-state index in [0.717, 1.165) is 35.6 Å². The second-order valence-corrected chi connectivity index (χ2v) is 5.42. The van der Waals surface area contributed by atoms with Crippen LogP contribution in [0.1, 0.15) is 37.3 Å². The second-order valence-electron chi connectivity index (χ2n) is 4.46. The summed E-state index contributed by atoms with van der Waals surface area (Å²) in [6.07, 6.45) is 3.91. The van der Waals surface area contributed by atoms with Gasteiger partial charge in [-0.25, -0.2) is 0 Å². The van der Waals surface area contributed by atoms with E-state index in [1.807, 2.05) is 31.2 Å². The first-order chi connectivity index (χ1) is 8.06. The van der Waals surface area contributed by atoms with E-state index in [1.165, 1.54) is 5.56 Å². The third-order valence-electron chi connectivity index (χ3n) is 3.18. The zero-order chi connectivity index (χ0) is 12.9. The molecule has 2 heteroatoms. The normalized spacial score (nSPS) is 14.1. The van der Waals surface area contributed by atoms with Crippen molar-refractivity contribution >= 4 is 22.2 Å². The summed E-state index contributed by atoms with van der Waals surface area (Å²) in [5.74, 6) is 0. The maximum Gasteiger partial charge on any atom is 0.135 e. The molecule has 92 valence electrons. The lowest BCUT2D eigenvalue weighted by Crippen LogP contribution is -2.28. The average Bonchev–Trinajstić information content (AvgIpc) is 2.32. The molecule has 1 atom stereocenters. The van der Waals surface area contributed by atoms with Crippen LogP contribution in [0.5, 0.6) is 0 Å². The van der Waals surface area contributed by atoms with Crippen molar-refractivity contribution in [2.45, 2.75) is 38.5 Å². The molecule has 1 nitrogen and oxygen atoms in total. The molecule has 0 amide bonds. The monoisotopic (exact) mass is 294 g/mol. The Morgan fingerprint density at radius 3 is 2.41 bits per heavy atom. The first-order valence-corrected chi connectivity index (χ1v) is 6.74. The molecule has 0 saturated heterocycles. The summed E-state index contributed by atoms with van der Waals surface area (Å²) in [5.41, 5.74) is 1.64. The molecule has 0 bridgehead atoms. The number of carbonyl (C=O) groups is 1. The van der Waals surface area contributed by atoms with Crippen molar-refractivity contribution in [1.29, 1.82) is 0 Å². The molecule has 0 fully saturated rings. The minimum Gasteiger partial charge on any atom is -0.302 e. The molecule has 1 unspecified atom stereocenters. The zero-order valence-electron chi connectivity index (χ0n) is 10.5. The highest BCUT2D eigenvalue weighted by Crippen LogP contribution is 2.37. The Balaban J connectivity index is 3.16. The van der Waals surface area contributed by atoms with Crippen LogP contribution in [0, 0.1) is 6.92 Å².